The fraction of sp³-hybridized carbons (Fsp3) is 0.429. The average Bonchev–Trinajstić information content (AvgIpc) is 1.99. The van der Waals surface area contributed by atoms with Crippen molar-refractivity contribution < 1.29 is 19.4 Å². The Morgan fingerprint density at radius 1 is 1.67 bits per heavy atom. The number of carbonyl (C=O) groups is 2. The Kier molecular flexibility index (Phi) is 4.71. The molecule has 0 unspecified atom stereocenters. The number of hydrogen-bond acceptors (Lipinski definition) is 3. The van der Waals surface area contributed by atoms with Gasteiger partial charge in [-0.3, -0.25) is 4.79 Å². The van der Waals surface area contributed by atoms with Crippen LogP contribution in [0.1, 0.15) is 0 Å². The number of ether oxygens (including phenoxy) is 1. The zero-order valence-electron chi connectivity index (χ0n) is 6.82. The van der Waals surface area contributed by atoms with Crippen LogP contribution in [0.5, 0.6) is 0 Å². The first kappa shape index (κ1) is 10.6. The van der Waals surface area contributed by atoms with Crippen LogP contribution in [0.3, 0.4) is 0 Å². The summed E-state index contributed by atoms with van der Waals surface area (Å²) in [6.45, 7) is 3.08. The van der Waals surface area contributed by atoms with Crippen molar-refractivity contribution in [2.45, 2.75) is 0 Å². The minimum atomic E-state index is -1.29. The van der Waals surface area contributed by atoms with E-state index in [1.54, 1.807) is 0 Å². The van der Waals surface area contributed by atoms with E-state index in [0.29, 0.717) is 4.90 Å². The molecule has 2 amide bonds. The predicted octanol–water partition coefficient (Wildman–Crippen LogP) is 0.325. The molecule has 0 aromatic carbocycles. The molecule has 0 bridgehead atoms. The lowest BCUT2D eigenvalue weighted by Crippen LogP contribution is -2.38. The van der Waals surface area contributed by atoms with Gasteiger partial charge >= 0.3 is 6.09 Å². The molecule has 0 atom stereocenters. The second-order valence-corrected chi connectivity index (χ2v) is 2.01. The predicted molar refractivity (Wildman–Crippen MR) is 41.8 cm³/mol. The number of carboxylic acid groups (broad SMARTS) is 1. The summed E-state index contributed by atoms with van der Waals surface area (Å²) in [5.74, 6) is -0.593. The van der Waals surface area contributed by atoms with Crippen LogP contribution >= 0.6 is 0 Å². The lowest BCUT2D eigenvalue weighted by atomic mass is 10.5. The van der Waals surface area contributed by atoms with Crippen molar-refractivity contribution in [3.05, 3.63) is 12.7 Å². The summed E-state index contributed by atoms with van der Waals surface area (Å²) in [6, 6.07) is 0. The highest BCUT2D eigenvalue weighted by molar-refractivity contribution is 5.91. The normalized spacial score (nSPS) is 9.08. The van der Waals surface area contributed by atoms with Gasteiger partial charge in [0.05, 0.1) is 0 Å². The van der Waals surface area contributed by atoms with Crippen LogP contribution in [0.4, 0.5) is 4.79 Å². The first-order valence-electron chi connectivity index (χ1n) is 3.26. The third kappa shape index (κ3) is 3.16. The van der Waals surface area contributed by atoms with Gasteiger partial charge in [0.15, 0.2) is 0 Å². The molecule has 0 aliphatic heterocycles. The zero-order chi connectivity index (χ0) is 9.56. The minimum Gasteiger partial charge on any atom is -0.465 e. The number of rotatable bonds is 4. The highest BCUT2D eigenvalue weighted by Gasteiger charge is 2.17. The van der Waals surface area contributed by atoms with Crippen LogP contribution in [0.25, 0.3) is 0 Å². The summed E-state index contributed by atoms with van der Waals surface area (Å²) < 4.78 is 4.49. The van der Waals surface area contributed by atoms with E-state index >= 15 is 0 Å². The summed E-state index contributed by atoms with van der Waals surface area (Å²) in [5.41, 5.74) is 0. The van der Waals surface area contributed by atoms with Gasteiger partial charge in [0.2, 0.25) is 0 Å². The summed E-state index contributed by atoms with van der Waals surface area (Å²) in [6.07, 6.45) is 0.0405. The fourth-order valence-corrected chi connectivity index (χ4v) is 0.617. The van der Waals surface area contributed by atoms with Gasteiger partial charge in [0.1, 0.15) is 6.61 Å². The van der Waals surface area contributed by atoms with Gasteiger partial charge in [-0.2, -0.15) is 0 Å². The molecule has 0 saturated carbocycles. The molecule has 68 valence electrons. The SMILES string of the molecule is C=CCN(C(=O)O)C(=O)COC. The maximum absolute atomic E-state index is 10.9. The average molecular weight is 173 g/mol. The Balaban J connectivity index is 4.18. The topological polar surface area (TPSA) is 66.8 Å². The highest BCUT2D eigenvalue weighted by Crippen LogP contribution is 1.91. The smallest absolute Gasteiger partial charge is 0.414 e. The van der Waals surface area contributed by atoms with Crippen LogP contribution in [-0.2, 0) is 9.53 Å². The Morgan fingerprint density at radius 2 is 2.25 bits per heavy atom. The van der Waals surface area contributed by atoms with Crippen LogP contribution in [0.15, 0.2) is 12.7 Å². The maximum atomic E-state index is 10.9. The molecule has 0 aromatic heterocycles. The molecule has 5 nitrogen and oxygen atoms in total. The van der Waals surface area contributed by atoms with Gasteiger partial charge in [-0.1, -0.05) is 6.08 Å². The number of nitrogens with zero attached hydrogens (tertiary/aromatic N) is 1. The molecule has 0 aliphatic carbocycles. The number of amides is 2. The van der Waals surface area contributed by atoms with Gasteiger partial charge in [0, 0.05) is 13.7 Å². The van der Waals surface area contributed by atoms with Crippen molar-refractivity contribution >= 4 is 12.0 Å². The van der Waals surface area contributed by atoms with E-state index in [9.17, 15) is 9.59 Å². The number of imide groups is 1. The Bertz CT molecular complexity index is 190. The standard InChI is InChI=1S/C7H11NO4/c1-3-4-8(7(10)11)6(9)5-12-2/h3H,1,4-5H2,2H3,(H,10,11). The lowest BCUT2D eigenvalue weighted by molar-refractivity contribution is -0.132. The molecule has 12 heavy (non-hydrogen) atoms. The molecule has 0 heterocycles. The van der Waals surface area contributed by atoms with Gasteiger partial charge < -0.3 is 9.84 Å². The minimum absolute atomic E-state index is 0.0163. The van der Waals surface area contributed by atoms with Crippen LogP contribution < -0.4 is 0 Å². The summed E-state index contributed by atoms with van der Waals surface area (Å²) in [7, 11) is 1.33. The number of carbonyl (C=O) groups excluding carboxylic acids is 1. The Hall–Kier alpha value is -1.36. The third-order valence-corrected chi connectivity index (χ3v) is 1.11. The second-order valence-electron chi connectivity index (χ2n) is 2.01. The van der Waals surface area contributed by atoms with E-state index in [-0.39, 0.29) is 13.2 Å². The van der Waals surface area contributed by atoms with Crippen molar-refractivity contribution in [3.8, 4) is 0 Å². The lowest BCUT2D eigenvalue weighted by Gasteiger charge is -2.13. The van der Waals surface area contributed by atoms with Crippen LogP contribution in [0.2, 0.25) is 0 Å². The third-order valence-electron chi connectivity index (χ3n) is 1.11. The quantitative estimate of drug-likeness (QED) is 0.622. The molecule has 0 rings (SSSR count). The van der Waals surface area contributed by atoms with E-state index < -0.39 is 12.0 Å². The highest BCUT2D eigenvalue weighted by atomic mass is 16.5. The molecule has 0 radical (unpaired) electrons. The first-order chi connectivity index (χ1) is 5.63. The van der Waals surface area contributed by atoms with E-state index in [1.807, 2.05) is 0 Å². The van der Waals surface area contributed by atoms with Crippen molar-refractivity contribution in [2.24, 2.45) is 0 Å². The first-order valence-corrected chi connectivity index (χ1v) is 3.26. The Labute approximate surface area is 70.2 Å². The largest absolute Gasteiger partial charge is 0.465 e. The molecule has 0 aromatic rings. The van der Waals surface area contributed by atoms with Crippen molar-refractivity contribution in [1.82, 2.24) is 4.90 Å². The molecular weight excluding hydrogens is 162 g/mol. The van der Waals surface area contributed by atoms with E-state index in [0.717, 1.165) is 0 Å². The summed E-state index contributed by atoms with van der Waals surface area (Å²) in [4.78, 5) is 22.0. The van der Waals surface area contributed by atoms with E-state index in [2.05, 4.69) is 11.3 Å². The fourth-order valence-electron chi connectivity index (χ4n) is 0.617. The van der Waals surface area contributed by atoms with Gasteiger partial charge in [0.25, 0.3) is 5.91 Å². The van der Waals surface area contributed by atoms with E-state index in [1.165, 1.54) is 13.2 Å². The second kappa shape index (κ2) is 5.31. The molecule has 1 N–H and O–H groups in total. The van der Waals surface area contributed by atoms with E-state index in [4.69, 9.17) is 5.11 Å². The molecule has 0 spiro atoms. The van der Waals surface area contributed by atoms with Crippen molar-refractivity contribution in [3.63, 3.8) is 0 Å². The van der Waals surface area contributed by atoms with Crippen molar-refractivity contribution in [1.29, 1.82) is 0 Å². The maximum Gasteiger partial charge on any atom is 0.414 e. The van der Waals surface area contributed by atoms with Crippen molar-refractivity contribution in [2.75, 3.05) is 20.3 Å². The van der Waals surface area contributed by atoms with Gasteiger partial charge in [-0.25, -0.2) is 9.69 Å². The summed E-state index contributed by atoms with van der Waals surface area (Å²) >= 11 is 0. The van der Waals surface area contributed by atoms with Gasteiger partial charge in [-0.05, 0) is 0 Å². The van der Waals surface area contributed by atoms with Crippen LogP contribution in [0, 0.1) is 0 Å². The molecule has 5 heteroatoms. The summed E-state index contributed by atoms with van der Waals surface area (Å²) in [5, 5.41) is 8.50. The monoisotopic (exact) mass is 173 g/mol. The number of methoxy groups -OCH3 is 1. The molecule has 0 fully saturated rings. The molecule has 0 aliphatic rings. The Morgan fingerprint density at radius 3 is 2.58 bits per heavy atom. The van der Waals surface area contributed by atoms with Crippen LogP contribution in [-0.4, -0.2) is 42.3 Å². The number of hydrogen-bond donors (Lipinski definition) is 1. The molecule has 0 saturated heterocycles. The van der Waals surface area contributed by atoms with Gasteiger partial charge in [-0.15, -0.1) is 6.58 Å². The zero-order valence-corrected chi connectivity index (χ0v) is 6.82. The molecular formula is C7H11NO4.